The number of ketones is 1. The molecule has 3 rings (SSSR count). The number of carbonyl (C=O) groups is 1. The number of para-hydroxylation sites is 1. The monoisotopic (exact) mass is 476 g/mol. The summed E-state index contributed by atoms with van der Waals surface area (Å²) < 4.78 is 7.57. The fourth-order valence-electron chi connectivity index (χ4n) is 4.34. The molecule has 2 aromatic carbocycles. The van der Waals surface area contributed by atoms with E-state index in [0.717, 1.165) is 61.0 Å². The zero-order chi connectivity index (χ0) is 25.0. The highest BCUT2D eigenvalue weighted by Gasteiger charge is 2.14. The molecule has 0 amide bonds. The largest absolute Gasteiger partial charge is 0.494 e. The molecule has 188 valence electrons. The third kappa shape index (κ3) is 7.81. The van der Waals surface area contributed by atoms with E-state index in [-0.39, 0.29) is 5.78 Å². The Hall–Kier alpha value is -2.89. The van der Waals surface area contributed by atoms with E-state index in [1.54, 1.807) is 18.2 Å². The van der Waals surface area contributed by atoms with E-state index in [2.05, 4.69) is 35.4 Å². The molecule has 1 aromatic heterocycles. The number of nitrogens with zero attached hydrogens (tertiary/aromatic N) is 2. The van der Waals surface area contributed by atoms with Gasteiger partial charge < -0.3 is 19.3 Å². The van der Waals surface area contributed by atoms with Crippen LogP contribution in [0.4, 0.5) is 0 Å². The summed E-state index contributed by atoms with van der Waals surface area (Å²) in [6.45, 7) is 10.2. The molecule has 0 radical (unpaired) electrons. The fourth-order valence-corrected chi connectivity index (χ4v) is 4.34. The minimum Gasteiger partial charge on any atom is -0.494 e. The number of fused-ring (bicyclic) bond motifs is 1. The summed E-state index contributed by atoms with van der Waals surface area (Å²) in [5.41, 5.74) is 2.66. The molecule has 0 aliphatic carbocycles. The second kappa shape index (κ2) is 13.9. The molecular formula is C30H40N2O3. The average Bonchev–Trinajstić information content (AvgIpc) is 3.22. The molecule has 0 aliphatic heterocycles. The molecule has 0 fully saturated rings. The van der Waals surface area contributed by atoms with Gasteiger partial charge in [-0.3, -0.25) is 4.79 Å². The van der Waals surface area contributed by atoms with Gasteiger partial charge in [0, 0.05) is 41.3 Å². The van der Waals surface area contributed by atoms with E-state index in [1.165, 1.54) is 0 Å². The quantitative estimate of drug-likeness (QED) is 0.210. The lowest BCUT2D eigenvalue weighted by Gasteiger charge is -2.25. The fraction of sp³-hybridized carbons (Fsp3) is 0.433. The van der Waals surface area contributed by atoms with Crippen molar-refractivity contribution >= 4 is 22.8 Å². The molecule has 1 heterocycles. The summed E-state index contributed by atoms with van der Waals surface area (Å²) >= 11 is 0. The number of rotatable bonds is 15. The van der Waals surface area contributed by atoms with Gasteiger partial charge in [0.05, 0.1) is 12.7 Å². The van der Waals surface area contributed by atoms with Crippen LogP contribution in [0.2, 0.25) is 0 Å². The van der Waals surface area contributed by atoms with Gasteiger partial charge in [0.25, 0.3) is 0 Å². The molecule has 1 N–H and O–H groups in total. The number of ether oxygens (including phenoxy) is 1. The van der Waals surface area contributed by atoms with Crippen LogP contribution in [0.25, 0.3) is 17.0 Å². The van der Waals surface area contributed by atoms with Crippen molar-refractivity contribution in [2.45, 2.75) is 59.1 Å². The van der Waals surface area contributed by atoms with Crippen molar-refractivity contribution < 1.29 is 14.6 Å². The minimum atomic E-state index is -0.457. The molecule has 0 aliphatic rings. The number of allylic oxidation sites excluding steroid dienone is 1. The molecule has 0 saturated carbocycles. The Balaban J connectivity index is 1.73. The van der Waals surface area contributed by atoms with E-state index in [0.29, 0.717) is 25.3 Å². The average molecular weight is 477 g/mol. The van der Waals surface area contributed by atoms with E-state index in [9.17, 15) is 9.90 Å². The predicted molar refractivity (Wildman–Crippen MR) is 145 cm³/mol. The molecule has 5 heteroatoms. The number of benzene rings is 2. The summed E-state index contributed by atoms with van der Waals surface area (Å²) in [4.78, 5) is 15.1. The van der Waals surface area contributed by atoms with Gasteiger partial charge in [0.1, 0.15) is 5.75 Å². The van der Waals surface area contributed by atoms with E-state index >= 15 is 0 Å². The van der Waals surface area contributed by atoms with Crippen LogP contribution in [0.3, 0.4) is 0 Å². The lowest BCUT2D eigenvalue weighted by Crippen LogP contribution is -2.36. The van der Waals surface area contributed by atoms with E-state index in [1.807, 2.05) is 43.5 Å². The van der Waals surface area contributed by atoms with Crippen LogP contribution in [0.1, 0.15) is 62.4 Å². The number of hydrogen-bond donors (Lipinski definition) is 1. The van der Waals surface area contributed by atoms with Crippen molar-refractivity contribution in [1.82, 2.24) is 9.47 Å². The highest BCUT2D eigenvalue weighted by atomic mass is 16.5. The molecule has 0 spiro atoms. The Labute approximate surface area is 210 Å². The molecule has 3 aromatic rings. The van der Waals surface area contributed by atoms with Crippen molar-refractivity contribution in [3.8, 4) is 5.75 Å². The zero-order valence-electron chi connectivity index (χ0n) is 21.5. The number of hydrogen-bond acceptors (Lipinski definition) is 4. The second-order valence-corrected chi connectivity index (χ2v) is 9.07. The van der Waals surface area contributed by atoms with E-state index in [4.69, 9.17) is 4.74 Å². The molecule has 1 unspecified atom stereocenters. The predicted octanol–water partition coefficient (Wildman–Crippen LogP) is 6.20. The molecular weight excluding hydrogens is 436 g/mol. The smallest absolute Gasteiger partial charge is 0.185 e. The van der Waals surface area contributed by atoms with E-state index < -0.39 is 6.10 Å². The maximum Gasteiger partial charge on any atom is 0.185 e. The van der Waals surface area contributed by atoms with Gasteiger partial charge in [-0.2, -0.15) is 0 Å². The normalized spacial score (nSPS) is 12.6. The summed E-state index contributed by atoms with van der Waals surface area (Å²) in [6.07, 6.45) is 9.70. The van der Waals surface area contributed by atoms with Crippen LogP contribution < -0.4 is 4.74 Å². The standard InChI is InChI=1S/C30H40N2O3/c1-4-7-19-31(20-8-5-2)22-26(33)23-32-21-25(28-11-9-10-12-29(28)32)15-18-30(34)24-13-16-27(17-14-24)35-6-3/h9-18,21,26,33H,4-8,19-20,22-23H2,1-3H3. The first-order valence-corrected chi connectivity index (χ1v) is 13.0. The lowest BCUT2D eigenvalue weighted by atomic mass is 10.1. The first-order valence-electron chi connectivity index (χ1n) is 13.0. The Morgan fingerprint density at radius 2 is 1.71 bits per heavy atom. The van der Waals surface area contributed by atoms with Crippen LogP contribution in [-0.2, 0) is 6.54 Å². The van der Waals surface area contributed by atoms with Gasteiger partial charge in [-0.25, -0.2) is 0 Å². The van der Waals surface area contributed by atoms with Crippen LogP contribution in [0.5, 0.6) is 5.75 Å². The Kier molecular flexibility index (Phi) is 10.6. The first kappa shape index (κ1) is 26.7. The SMILES string of the molecule is CCCCN(CCCC)CC(O)Cn1cc(C=CC(=O)c2ccc(OCC)cc2)c2ccccc21. The van der Waals surface area contributed by atoms with Crippen molar-refractivity contribution in [2.75, 3.05) is 26.2 Å². The van der Waals surface area contributed by atoms with Gasteiger partial charge in [-0.15, -0.1) is 0 Å². The number of aliphatic hydroxyl groups is 1. The number of aliphatic hydroxyl groups excluding tert-OH is 1. The Bertz CT molecular complexity index is 1080. The molecule has 0 bridgehead atoms. The van der Waals surface area contributed by atoms with Crippen LogP contribution in [-0.4, -0.2) is 52.7 Å². The maximum absolute atomic E-state index is 12.7. The van der Waals surface area contributed by atoms with Crippen LogP contribution >= 0.6 is 0 Å². The van der Waals surface area contributed by atoms with Gasteiger partial charge in [0.2, 0.25) is 0 Å². The number of aromatic nitrogens is 1. The maximum atomic E-state index is 12.7. The summed E-state index contributed by atoms with van der Waals surface area (Å²) in [5.74, 6) is 0.713. The molecule has 35 heavy (non-hydrogen) atoms. The third-order valence-corrected chi connectivity index (χ3v) is 6.22. The summed E-state index contributed by atoms with van der Waals surface area (Å²) in [7, 11) is 0. The van der Waals surface area contributed by atoms with Crippen molar-refractivity contribution in [2.24, 2.45) is 0 Å². The summed E-state index contributed by atoms with van der Waals surface area (Å²) in [6, 6.07) is 15.4. The highest BCUT2D eigenvalue weighted by molar-refractivity contribution is 6.07. The van der Waals surface area contributed by atoms with Crippen LogP contribution in [0, 0.1) is 0 Å². The van der Waals surface area contributed by atoms with Crippen molar-refractivity contribution in [3.05, 3.63) is 71.9 Å². The van der Waals surface area contributed by atoms with Gasteiger partial charge in [-0.05, 0) is 75.3 Å². The second-order valence-electron chi connectivity index (χ2n) is 9.07. The number of carbonyl (C=O) groups excluding carboxylic acids is 1. The van der Waals surface area contributed by atoms with Crippen molar-refractivity contribution in [1.29, 1.82) is 0 Å². The Morgan fingerprint density at radius 1 is 1.03 bits per heavy atom. The molecule has 5 nitrogen and oxygen atoms in total. The summed E-state index contributed by atoms with van der Waals surface area (Å²) in [5, 5.41) is 12.0. The Morgan fingerprint density at radius 3 is 2.37 bits per heavy atom. The molecule has 0 saturated heterocycles. The number of unbranched alkanes of at least 4 members (excludes halogenated alkanes) is 2. The third-order valence-electron chi connectivity index (χ3n) is 6.22. The van der Waals surface area contributed by atoms with Gasteiger partial charge in [-0.1, -0.05) is 44.9 Å². The van der Waals surface area contributed by atoms with Crippen molar-refractivity contribution in [3.63, 3.8) is 0 Å². The lowest BCUT2D eigenvalue weighted by molar-refractivity contribution is 0.0973. The zero-order valence-corrected chi connectivity index (χ0v) is 21.5. The van der Waals surface area contributed by atoms with Crippen LogP contribution in [0.15, 0.2) is 60.8 Å². The minimum absolute atomic E-state index is 0.0487. The molecule has 1 atom stereocenters. The van der Waals surface area contributed by atoms with Gasteiger partial charge >= 0.3 is 0 Å². The highest BCUT2D eigenvalue weighted by Crippen LogP contribution is 2.23. The van der Waals surface area contributed by atoms with Gasteiger partial charge in [0.15, 0.2) is 5.78 Å². The first-order chi connectivity index (χ1) is 17.0. The topological polar surface area (TPSA) is 54.7 Å².